The van der Waals surface area contributed by atoms with Crippen LogP contribution in [0, 0.1) is 10.1 Å². The van der Waals surface area contributed by atoms with Gasteiger partial charge in [0.1, 0.15) is 0 Å². The number of hydrogen-bond acceptors (Lipinski definition) is 4. The van der Waals surface area contributed by atoms with Gasteiger partial charge in [0.05, 0.1) is 17.2 Å². The van der Waals surface area contributed by atoms with E-state index in [4.69, 9.17) is 0 Å². The molecule has 0 aliphatic rings. The molecule has 18 heavy (non-hydrogen) atoms. The third-order valence-corrected chi connectivity index (χ3v) is 3.62. The zero-order chi connectivity index (χ0) is 13.1. The second-order valence-corrected chi connectivity index (χ2v) is 4.99. The normalized spacial score (nSPS) is 10.6. The lowest BCUT2D eigenvalue weighted by atomic mass is 10.2. The summed E-state index contributed by atoms with van der Waals surface area (Å²) in [6.07, 6.45) is 1.82. The van der Waals surface area contributed by atoms with Crippen molar-refractivity contribution >= 4 is 37.5 Å². The van der Waals surface area contributed by atoms with Gasteiger partial charge in [-0.25, -0.2) is 4.68 Å². The minimum Gasteiger partial charge on any atom is -0.258 e. The van der Waals surface area contributed by atoms with E-state index < -0.39 is 4.92 Å². The Morgan fingerprint density at radius 2 is 2.22 bits per heavy atom. The Morgan fingerprint density at radius 3 is 2.78 bits per heavy atom. The van der Waals surface area contributed by atoms with E-state index in [1.807, 2.05) is 6.20 Å². The molecule has 1 heterocycles. The molecule has 1 aromatic carbocycles. The Labute approximate surface area is 119 Å². The van der Waals surface area contributed by atoms with Crippen molar-refractivity contribution in [3.8, 4) is 0 Å². The standard InChI is InChI=1S/C10H8Br2N4O2/c11-4-8-6-15(14-13-8)5-7-1-2-9(16(17)18)3-10(7)12/h1-3,6H,4-5H2. The Kier molecular flexibility index (Phi) is 4.07. The summed E-state index contributed by atoms with van der Waals surface area (Å²) in [6, 6.07) is 4.66. The summed E-state index contributed by atoms with van der Waals surface area (Å²) in [5.74, 6) is 0. The fraction of sp³-hybridized carbons (Fsp3) is 0.200. The molecule has 0 aliphatic heterocycles. The van der Waals surface area contributed by atoms with Crippen LogP contribution in [0.2, 0.25) is 0 Å². The summed E-state index contributed by atoms with van der Waals surface area (Å²) >= 11 is 6.62. The highest BCUT2D eigenvalue weighted by Gasteiger charge is 2.10. The number of halogens is 2. The fourth-order valence-electron chi connectivity index (χ4n) is 1.43. The molecule has 0 amide bonds. The second kappa shape index (κ2) is 5.57. The van der Waals surface area contributed by atoms with Crippen LogP contribution in [0.1, 0.15) is 11.3 Å². The number of aromatic nitrogens is 3. The van der Waals surface area contributed by atoms with Crippen molar-refractivity contribution in [2.24, 2.45) is 0 Å². The Hall–Kier alpha value is -1.28. The third kappa shape index (κ3) is 2.94. The van der Waals surface area contributed by atoms with Gasteiger partial charge in [-0.1, -0.05) is 37.1 Å². The maximum Gasteiger partial charge on any atom is 0.270 e. The number of benzene rings is 1. The van der Waals surface area contributed by atoms with Crippen LogP contribution in [0.3, 0.4) is 0 Å². The molecule has 0 saturated carbocycles. The first kappa shape index (κ1) is 13.2. The van der Waals surface area contributed by atoms with E-state index in [0.29, 0.717) is 16.3 Å². The van der Waals surface area contributed by atoms with Crippen LogP contribution in [-0.4, -0.2) is 19.9 Å². The Morgan fingerprint density at radius 1 is 1.44 bits per heavy atom. The predicted molar refractivity (Wildman–Crippen MR) is 72.6 cm³/mol. The van der Waals surface area contributed by atoms with Crippen LogP contribution >= 0.6 is 31.9 Å². The van der Waals surface area contributed by atoms with Gasteiger partial charge in [0.25, 0.3) is 5.69 Å². The molecular weight excluding hydrogens is 368 g/mol. The smallest absolute Gasteiger partial charge is 0.258 e. The van der Waals surface area contributed by atoms with Crippen molar-refractivity contribution in [1.29, 1.82) is 0 Å². The summed E-state index contributed by atoms with van der Waals surface area (Å²) < 4.78 is 2.37. The summed E-state index contributed by atoms with van der Waals surface area (Å²) in [7, 11) is 0. The molecule has 2 rings (SSSR count). The minimum atomic E-state index is -0.424. The van der Waals surface area contributed by atoms with E-state index in [1.54, 1.807) is 10.7 Å². The number of hydrogen-bond donors (Lipinski definition) is 0. The number of rotatable bonds is 4. The van der Waals surface area contributed by atoms with Gasteiger partial charge >= 0.3 is 0 Å². The van der Waals surface area contributed by atoms with Crippen LogP contribution < -0.4 is 0 Å². The lowest BCUT2D eigenvalue weighted by molar-refractivity contribution is -0.384. The van der Waals surface area contributed by atoms with Crippen molar-refractivity contribution in [2.75, 3.05) is 0 Å². The maximum atomic E-state index is 10.6. The first-order valence-electron chi connectivity index (χ1n) is 4.98. The monoisotopic (exact) mass is 374 g/mol. The predicted octanol–water partition coefficient (Wildman–Crippen LogP) is 2.89. The van der Waals surface area contributed by atoms with Crippen molar-refractivity contribution < 1.29 is 4.92 Å². The van der Waals surface area contributed by atoms with Gasteiger partial charge in [-0.05, 0) is 11.6 Å². The van der Waals surface area contributed by atoms with Crippen molar-refractivity contribution in [1.82, 2.24) is 15.0 Å². The number of nitro benzene ring substituents is 1. The van der Waals surface area contributed by atoms with Gasteiger partial charge in [0, 0.05) is 28.1 Å². The average Bonchev–Trinajstić information content (AvgIpc) is 2.79. The average molecular weight is 376 g/mol. The highest BCUT2D eigenvalue weighted by molar-refractivity contribution is 9.10. The van der Waals surface area contributed by atoms with Gasteiger partial charge in [-0.3, -0.25) is 10.1 Å². The van der Waals surface area contributed by atoms with E-state index in [9.17, 15) is 10.1 Å². The zero-order valence-corrected chi connectivity index (χ0v) is 12.3. The topological polar surface area (TPSA) is 73.8 Å². The third-order valence-electron chi connectivity index (χ3n) is 2.30. The largest absolute Gasteiger partial charge is 0.270 e. The van der Waals surface area contributed by atoms with Crippen LogP contribution in [0.25, 0.3) is 0 Å². The van der Waals surface area contributed by atoms with Gasteiger partial charge in [-0.15, -0.1) is 5.10 Å². The molecule has 0 bridgehead atoms. The van der Waals surface area contributed by atoms with Crippen molar-refractivity contribution in [3.63, 3.8) is 0 Å². The highest BCUT2D eigenvalue weighted by atomic mass is 79.9. The van der Waals surface area contributed by atoms with E-state index in [2.05, 4.69) is 42.2 Å². The maximum absolute atomic E-state index is 10.6. The minimum absolute atomic E-state index is 0.0605. The summed E-state index contributed by atoms with van der Waals surface area (Å²) in [4.78, 5) is 10.2. The lowest BCUT2D eigenvalue weighted by Gasteiger charge is -2.03. The van der Waals surface area contributed by atoms with Crippen molar-refractivity contribution in [3.05, 3.63) is 50.2 Å². The van der Waals surface area contributed by atoms with Crippen LogP contribution in [0.15, 0.2) is 28.9 Å². The molecule has 2 aromatic rings. The van der Waals surface area contributed by atoms with E-state index in [0.717, 1.165) is 11.3 Å². The first-order chi connectivity index (χ1) is 8.60. The molecule has 0 unspecified atom stereocenters. The first-order valence-corrected chi connectivity index (χ1v) is 6.89. The van der Waals surface area contributed by atoms with Gasteiger partial charge in [0.2, 0.25) is 0 Å². The quantitative estimate of drug-likeness (QED) is 0.467. The van der Waals surface area contributed by atoms with Crippen LogP contribution in [0.4, 0.5) is 5.69 Å². The van der Waals surface area contributed by atoms with Crippen LogP contribution in [-0.2, 0) is 11.9 Å². The summed E-state index contributed by atoms with van der Waals surface area (Å²) in [5, 5.41) is 19.2. The molecular formula is C10H8Br2N4O2. The lowest BCUT2D eigenvalue weighted by Crippen LogP contribution is -2.01. The summed E-state index contributed by atoms with van der Waals surface area (Å²) in [5.41, 5.74) is 1.81. The Bertz CT molecular complexity index is 585. The van der Waals surface area contributed by atoms with Gasteiger partial charge in [-0.2, -0.15) is 0 Å². The molecule has 8 heteroatoms. The number of alkyl halides is 1. The van der Waals surface area contributed by atoms with Gasteiger partial charge < -0.3 is 0 Å². The molecule has 0 spiro atoms. The number of non-ortho nitro benzene ring substituents is 1. The zero-order valence-electron chi connectivity index (χ0n) is 9.08. The molecule has 0 fully saturated rings. The number of nitro groups is 1. The fourth-order valence-corrected chi connectivity index (χ4v) is 2.18. The molecule has 94 valence electrons. The highest BCUT2D eigenvalue weighted by Crippen LogP contribution is 2.23. The molecule has 0 aliphatic carbocycles. The van der Waals surface area contributed by atoms with Gasteiger partial charge in [0.15, 0.2) is 0 Å². The number of nitrogens with zero attached hydrogens (tertiary/aromatic N) is 4. The molecule has 0 radical (unpaired) electrons. The molecule has 1 aromatic heterocycles. The van der Waals surface area contributed by atoms with Crippen LogP contribution in [0.5, 0.6) is 0 Å². The molecule has 0 saturated heterocycles. The SMILES string of the molecule is O=[N+]([O-])c1ccc(Cn2cc(CBr)nn2)c(Br)c1. The molecule has 0 atom stereocenters. The molecule has 6 nitrogen and oxygen atoms in total. The summed E-state index contributed by atoms with van der Waals surface area (Å²) in [6.45, 7) is 0.512. The van der Waals surface area contributed by atoms with E-state index in [-0.39, 0.29) is 5.69 Å². The second-order valence-electron chi connectivity index (χ2n) is 3.57. The molecule has 0 N–H and O–H groups in total. The van der Waals surface area contributed by atoms with Crippen molar-refractivity contribution in [2.45, 2.75) is 11.9 Å². The van der Waals surface area contributed by atoms with E-state index in [1.165, 1.54) is 12.1 Å². The van der Waals surface area contributed by atoms with E-state index >= 15 is 0 Å². The Balaban J connectivity index is 2.21.